The third kappa shape index (κ3) is 2.81. The highest BCUT2D eigenvalue weighted by Crippen LogP contribution is 2.15. The van der Waals surface area contributed by atoms with Crippen molar-refractivity contribution >= 4 is 16.3 Å². The molecule has 0 radical (unpaired) electrons. The van der Waals surface area contributed by atoms with Crippen molar-refractivity contribution in [2.75, 3.05) is 0 Å². The minimum absolute atomic E-state index is 0.0759. The highest BCUT2D eigenvalue weighted by molar-refractivity contribution is 7.15. The number of ether oxygens (including phenoxy) is 1. The van der Waals surface area contributed by atoms with E-state index in [0.29, 0.717) is 17.2 Å². The molecule has 0 aliphatic heterocycles. The Morgan fingerprint density at radius 2 is 2.24 bits per heavy atom. The molecule has 5 nitrogen and oxygen atoms in total. The first-order valence-corrected chi connectivity index (χ1v) is 7.44. The molecule has 6 heteroatoms. The van der Waals surface area contributed by atoms with Gasteiger partial charge in [0.25, 0.3) is 5.56 Å². The van der Waals surface area contributed by atoms with Crippen molar-refractivity contribution in [1.82, 2.24) is 9.38 Å². The first-order valence-electron chi connectivity index (χ1n) is 6.56. The molecule has 0 aliphatic rings. The van der Waals surface area contributed by atoms with E-state index in [9.17, 15) is 4.79 Å². The zero-order chi connectivity index (χ0) is 14.8. The van der Waals surface area contributed by atoms with Crippen LogP contribution in [0.2, 0.25) is 0 Å². The molecule has 0 fully saturated rings. The van der Waals surface area contributed by atoms with Gasteiger partial charge in [-0.3, -0.25) is 9.20 Å². The van der Waals surface area contributed by atoms with E-state index in [1.807, 2.05) is 36.6 Å². The average molecular weight is 301 g/mol. The van der Waals surface area contributed by atoms with Gasteiger partial charge in [-0.1, -0.05) is 12.1 Å². The number of aromatic nitrogens is 2. The third-order valence-corrected chi connectivity index (χ3v) is 4.09. The maximum absolute atomic E-state index is 12.1. The summed E-state index contributed by atoms with van der Waals surface area (Å²) in [6.45, 7) is 2.62. The fourth-order valence-corrected chi connectivity index (χ4v) is 2.99. The molecule has 0 amide bonds. The lowest BCUT2D eigenvalue weighted by atomic mass is 10.2. The largest absolute Gasteiger partial charge is 0.487 e. The second kappa shape index (κ2) is 5.67. The molecule has 0 aliphatic carbocycles. The molecule has 3 aromatic rings. The summed E-state index contributed by atoms with van der Waals surface area (Å²) in [4.78, 5) is 17.2. The van der Waals surface area contributed by atoms with E-state index in [1.165, 1.54) is 17.4 Å². The molecule has 1 aromatic carbocycles. The zero-order valence-electron chi connectivity index (χ0n) is 11.6. The van der Waals surface area contributed by atoms with E-state index in [-0.39, 0.29) is 12.2 Å². The molecular weight excluding hydrogens is 286 g/mol. The van der Waals surface area contributed by atoms with Crippen LogP contribution in [0.15, 0.2) is 40.5 Å². The molecule has 0 saturated carbocycles. The Hall–Kier alpha value is -2.18. The molecule has 21 heavy (non-hydrogen) atoms. The first kappa shape index (κ1) is 13.8. The number of aryl methyl sites for hydroxylation is 1. The van der Waals surface area contributed by atoms with Gasteiger partial charge in [-0.25, -0.2) is 4.98 Å². The molecule has 108 valence electrons. The maximum Gasteiger partial charge on any atom is 0.259 e. The van der Waals surface area contributed by atoms with E-state index in [1.54, 1.807) is 4.40 Å². The summed E-state index contributed by atoms with van der Waals surface area (Å²) in [7, 11) is 0. The van der Waals surface area contributed by atoms with Gasteiger partial charge in [-0.05, 0) is 24.6 Å². The lowest BCUT2D eigenvalue weighted by Gasteiger charge is -2.07. The molecule has 2 heterocycles. The van der Waals surface area contributed by atoms with E-state index in [2.05, 4.69) is 4.98 Å². The molecule has 2 aromatic heterocycles. The van der Waals surface area contributed by atoms with Gasteiger partial charge >= 0.3 is 0 Å². The molecule has 0 saturated heterocycles. The van der Waals surface area contributed by atoms with Crippen LogP contribution in [0, 0.1) is 6.92 Å². The highest BCUT2D eigenvalue weighted by Gasteiger charge is 2.07. The predicted molar refractivity (Wildman–Crippen MR) is 82.7 cm³/mol. The molecule has 3 rings (SSSR count). The quantitative estimate of drug-likeness (QED) is 0.801. The number of fused-ring (bicyclic) bond motifs is 1. The van der Waals surface area contributed by atoms with Gasteiger partial charge in [0, 0.05) is 23.7 Å². The van der Waals surface area contributed by atoms with E-state index in [0.717, 1.165) is 17.0 Å². The minimum Gasteiger partial charge on any atom is -0.487 e. The monoisotopic (exact) mass is 301 g/mol. The van der Waals surface area contributed by atoms with Gasteiger partial charge in [0.2, 0.25) is 0 Å². The summed E-state index contributed by atoms with van der Waals surface area (Å²) in [5, 5.41) is 1.92. The SMILES string of the molecule is Cc1csc2nc(COc3cccc(CN)c3)cc(=O)n12. The summed E-state index contributed by atoms with van der Waals surface area (Å²) in [6.07, 6.45) is 0. The van der Waals surface area contributed by atoms with Crippen LogP contribution in [0.1, 0.15) is 17.0 Å². The summed E-state index contributed by atoms with van der Waals surface area (Å²) >= 11 is 1.45. The number of benzene rings is 1. The van der Waals surface area contributed by atoms with Crippen LogP contribution in [-0.4, -0.2) is 9.38 Å². The van der Waals surface area contributed by atoms with Gasteiger partial charge < -0.3 is 10.5 Å². The minimum atomic E-state index is -0.0759. The van der Waals surface area contributed by atoms with E-state index < -0.39 is 0 Å². The van der Waals surface area contributed by atoms with Crippen LogP contribution in [0.5, 0.6) is 5.75 Å². The number of nitrogens with two attached hydrogens (primary N) is 1. The van der Waals surface area contributed by atoms with Crippen molar-refractivity contribution < 1.29 is 4.74 Å². The van der Waals surface area contributed by atoms with Crippen molar-refractivity contribution in [2.45, 2.75) is 20.1 Å². The number of thiazole rings is 1. The van der Waals surface area contributed by atoms with E-state index in [4.69, 9.17) is 10.5 Å². The third-order valence-electron chi connectivity index (χ3n) is 3.15. The summed E-state index contributed by atoms with van der Waals surface area (Å²) in [5.74, 6) is 0.724. The van der Waals surface area contributed by atoms with Crippen molar-refractivity contribution in [2.24, 2.45) is 5.73 Å². The fraction of sp³-hybridized carbons (Fsp3) is 0.200. The summed E-state index contributed by atoms with van der Waals surface area (Å²) in [5.41, 5.74) is 8.05. The molecule has 0 spiro atoms. The summed E-state index contributed by atoms with van der Waals surface area (Å²) < 4.78 is 7.28. The number of hydrogen-bond acceptors (Lipinski definition) is 5. The van der Waals surface area contributed by atoms with Gasteiger partial charge in [0.1, 0.15) is 12.4 Å². The molecule has 0 atom stereocenters. The number of rotatable bonds is 4. The smallest absolute Gasteiger partial charge is 0.259 e. The van der Waals surface area contributed by atoms with Crippen LogP contribution in [0.25, 0.3) is 4.96 Å². The lowest BCUT2D eigenvalue weighted by molar-refractivity contribution is 0.301. The average Bonchev–Trinajstić information content (AvgIpc) is 2.87. The Kier molecular flexibility index (Phi) is 3.72. The Morgan fingerprint density at radius 3 is 3.05 bits per heavy atom. The number of hydrogen-bond donors (Lipinski definition) is 1. The van der Waals surface area contributed by atoms with Crippen molar-refractivity contribution in [1.29, 1.82) is 0 Å². The standard InChI is InChI=1S/C15H15N3O2S/c1-10-9-21-15-17-12(6-14(19)18(10)15)8-20-13-4-2-3-11(5-13)7-16/h2-6,9H,7-8,16H2,1H3. The van der Waals surface area contributed by atoms with Crippen LogP contribution in [-0.2, 0) is 13.2 Å². The predicted octanol–water partition coefficient (Wildman–Crippen LogP) is 2.10. The van der Waals surface area contributed by atoms with Gasteiger partial charge in [-0.15, -0.1) is 11.3 Å². The van der Waals surface area contributed by atoms with Crippen LogP contribution >= 0.6 is 11.3 Å². The highest BCUT2D eigenvalue weighted by atomic mass is 32.1. The second-order valence-electron chi connectivity index (χ2n) is 4.72. The van der Waals surface area contributed by atoms with Crippen molar-refractivity contribution in [3.05, 3.63) is 63.0 Å². The fourth-order valence-electron chi connectivity index (χ4n) is 2.09. The van der Waals surface area contributed by atoms with Gasteiger partial charge in [-0.2, -0.15) is 0 Å². The Balaban J connectivity index is 1.83. The number of nitrogens with zero attached hydrogens (tertiary/aromatic N) is 2. The van der Waals surface area contributed by atoms with Crippen molar-refractivity contribution in [3.8, 4) is 5.75 Å². The lowest BCUT2D eigenvalue weighted by Crippen LogP contribution is -2.16. The Morgan fingerprint density at radius 1 is 1.38 bits per heavy atom. The topological polar surface area (TPSA) is 69.6 Å². The normalized spacial score (nSPS) is 11.0. The van der Waals surface area contributed by atoms with Crippen LogP contribution in [0.3, 0.4) is 0 Å². The zero-order valence-corrected chi connectivity index (χ0v) is 12.4. The Labute approximate surface area is 125 Å². The van der Waals surface area contributed by atoms with Gasteiger partial charge in [0.05, 0.1) is 5.69 Å². The second-order valence-corrected chi connectivity index (χ2v) is 5.56. The van der Waals surface area contributed by atoms with Gasteiger partial charge in [0.15, 0.2) is 4.96 Å². The Bertz CT molecular complexity index is 838. The van der Waals surface area contributed by atoms with Crippen molar-refractivity contribution in [3.63, 3.8) is 0 Å². The van der Waals surface area contributed by atoms with Crippen LogP contribution in [0.4, 0.5) is 0 Å². The van der Waals surface area contributed by atoms with Crippen LogP contribution < -0.4 is 16.0 Å². The maximum atomic E-state index is 12.1. The first-order chi connectivity index (χ1) is 10.2. The van der Waals surface area contributed by atoms with E-state index >= 15 is 0 Å². The molecule has 2 N–H and O–H groups in total. The molecule has 0 unspecified atom stereocenters. The molecular formula is C15H15N3O2S. The molecule has 0 bridgehead atoms. The summed E-state index contributed by atoms with van der Waals surface area (Å²) in [6, 6.07) is 9.10.